The van der Waals surface area contributed by atoms with E-state index in [-0.39, 0.29) is 4.48 Å². The number of hydrogen-bond donors (Lipinski definition) is 3. The van der Waals surface area contributed by atoms with Gasteiger partial charge in [-0.2, -0.15) is 0 Å². The largest absolute Gasteiger partial charge is 0.481 e. The molecule has 272 valence electrons. The molecule has 0 aromatic rings. The van der Waals surface area contributed by atoms with Gasteiger partial charge in [0.15, 0.2) is 0 Å². The maximum atomic E-state index is 12.0. The summed E-state index contributed by atoms with van der Waals surface area (Å²) in [5, 5.41) is 29.5. The lowest BCUT2D eigenvalue weighted by molar-refractivity contribution is -0.935. The number of hydrogen-bond acceptors (Lipinski definition) is 3. The Morgan fingerprint density at radius 1 is 0.391 bits per heavy atom. The molecule has 46 heavy (non-hydrogen) atoms. The van der Waals surface area contributed by atoms with E-state index >= 15 is 0 Å². The van der Waals surface area contributed by atoms with E-state index < -0.39 is 35.7 Å². The number of aliphatic carboxylic acids is 3. The minimum atomic E-state index is -0.883. The summed E-state index contributed by atoms with van der Waals surface area (Å²) < 4.78 is 0.264. The van der Waals surface area contributed by atoms with Gasteiger partial charge in [-0.15, -0.1) is 0 Å². The molecule has 0 heterocycles. The highest BCUT2D eigenvalue weighted by molar-refractivity contribution is 5.71. The molecule has 0 aliphatic rings. The summed E-state index contributed by atoms with van der Waals surface area (Å²) in [6.45, 7) is 9.31. The summed E-state index contributed by atoms with van der Waals surface area (Å²) in [5.41, 5.74) is 0. The van der Waals surface area contributed by atoms with Crippen molar-refractivity contribution in [2.75, 3.05) is 26.2 Å². The Labute approximate surface area is 283 Å². The molecule has 7 heteroatoms. The van der Waals surface area contributed by atoms with Gasteiger partial charge in [0.25, 0.3) is 0 Å². The van der Waals surface area contributed by atoms with Crippen molar-refractivity contribution in [2.24, 2.45) is 17.8 Å². The average molecular weight is 655 g/mol. The van der Waals surface area contributed by atoms with Crippen molar-refractivity contribution in [3.05, 3.63) is 0 Å². The van der Waals surface area contributed by atoms with Crippen molar-refractivity contribution >= 4 is 17.9 Å². The van der Waals surface area contributed by atoms with Crippen LogP contribution in [0.15, 0.2) is 0 Å². The molecule has 0 aromatic heterocycles. The number of quaternary nitrogens is 1. The molecule has 3 unspecified atom stereocenters. The van der Waals surface area contributed by atoms with Crippen LogP contribution in [-0.2, 0) is 14.4 Å². The van der Waals surface area contributed by atoms with Gasteiger partial charge >= 0.3 is 17.9 Å². The number of rotatable bonds is 35. The molecule has 0 spiro atoms. The molecule has 0 aliphatic heterocycles. The normalized spacial score (nSPS) is 14.9. The van der Waals surface area contributed by atoms with E-state index in [1.54, 1.807) is 0 Å². The Bertz CT molecular complexity index is 697. The molecule has 0 aliphatic carbocycles. The standard InChI is InChI=1S/C39H75NO6/c1-5-9-10-11-12-13-14-15-16-17-18-19-20-21-22-23-24-25-26-27-28-29-30-40(31-34(6-2)37(41)42,32-35(7-3)38(43)44)33-36(8-4)39(45)46/h34-36H,5-33H2,1-4H3,(H2-,41,42,43,44,45,46)/p+1. The fourth-order valence-corrected chi connectivity index (χ4v) is 7.10. The zero-order chi connectivity index (χ0) is 34.5. The van der Waals surface area contributed by atoms with Gasteiger partial charge in [0.1, 0.15) is 17.8 Å². The number of carboxylic acid groups (broad SMARTS) is 3. The van der Waals surface area contributed by atoms with Crippen molar-refractivity contribution in [1.82, 2.24) is 0 Å². The molecule has 0 bridgehead atoms. The van der Waals surface area contributed by atoms with Gasteiger partial charge in [-0.05, 0) is 32.1 Å². The number of unbranched alkanes of at least 4 members (excludes halogenated alkanes) is 21. The average Bonchev–Trinajstić information content (AvgIpc) is 3.03. The Kier molecular flexibility index (Phi) is 28.5. The molecule has 0 amide bonds. The van der Waals surface area contributed by atoms with Crippen LogP contribution in [0.1, 0.15) is 188 Å². The van der Waals surface area contributed by atoms with Crippen LogP contribution in [-0.4, -0.2) is 63.9 Å². The summed E-state index contributed by atoms with van der Waals surface area (Å²) in [7, 11) is 0. The van der Waals surface area contributed by atoms with Crippen molar-refractivity contribution in [3.8, 4) is 0 Å². The van der Waals surface area contributed by atoms with Crippen LogP contribution in [0.25, 0.3) is 0 Å². The summed E-state index contributed by atoms with van der Waals surface area (Å²) in [4.78, 5) is 36.0. The van der Waals surface area contributed by atoms with E-state index in [1.807, 2.05) is 20.8 Å². The van der Waals surface area contributed by atoms with E-state index in [0.29, 0.717) is 45.4 Å². The van der Waals surface area contributed by atoms with Gasteiger partial charge in [-0.25, -0.2) is 0 Å². The predicted octanol–water partition coefficient (Wildman–Crippen LogP) is 10.7. The molecule has 0 saturated carbocycles. The van der Waals surface area contributed by atoms with Gasteiger partial charge in [0, 0.05) is 0 Å². The molecule has 0 radical (unpaired) electrons. The van der Waals surface area contributed by atoms with Crippen molar-refractivity contribution in [1.29, 1.82) is 0 Å². The second kappa shape index (κ2) is 29.5. The van der Waals surface area contributed by atoms with Crippen molar-refractivity contribution in [2.45, 2.75) is 188 Å². The second-order valence-corrected chi connectivity index (χ2v) is 14.4. The number of nitrogens with zero attached hydrogens (tertiary/aromatic N) is 1. The first kappa shape index (κ1) is 44.4. The molecule has 7 nitrogen and oxygen atoms in total. The molecular formula is C39H76NO6+. The fraction of sp³-hybridized carbons (Fsp3) is 0.923. The molecule has 0 rings (SSSR count). The van der Waals surface area contributed by atoms with Crippen LogP contribution in [0.3, 0.4) is 0 Å². The SMILES string of the molecule is CCCCCCCCCCCCCCCCCCCCCCCC[N+](CC(CC)C(=O)O)(CC(CC)C(=O)O)CC(CC)C(=O)O. The van der Waals surface area contributed by atoms with Gasteiger partial charge in [-0.1, -0.05) is 156 Å². The quantitative estimate of drug-likeness (QED) is 0.0463. The lowest BCUT2D eigenvalue weighted by Gasteiger charge is -2.43. The molecule has 0 aromatic carbocycles. The first-order valence-electron chi connectivity index (χ1n) is 19.7. The van der Waals surface area contributed by atoms with Crippen molar-refractivity contribution in [3.63, 3.8) is 0 Å². The highest BCUT2D eigenvalue weighted by Crippen LogP contribution is 2.25. The third kappa shape index (κ3) is 22.8. The first-order chi connectivity index (χ1) is 22.2. The van der Waals surface area contributed by atoms with Crippen LogP contribution >= 0.6 is 0 Å². The maximum Gasteiger partial charge on any atom is 0.312 e. The Morgan fingerprint density at radius 3 is 0.804 bits per heavy atom. The number of carbonyl (C=O) groups is 3. The molecule has 3 N–H and O–H groups in total. The van der Waals surface area contributed by atoms with Gasteiger partial charge < -0.3 is 19.8 Å². The Balaban J connectivity index is 4.38. The van der Waals surface area contributed by atoms with Gasteiger partial charge in [0.2, 0.25) is 0 Å². The third-order valence-corrected chi connectivity index (χ3v) is 10.3. The highest BCUT2D eigenvalue weighted by Gasteiger charge is 2.40. The summed E-state index contributed by atoms with van der Waals surface area (Å²) in [5.74, 6) is -4.49. The zero-order valence-corrected chi connectivity index (χ0v) is 30.8. The predicted molar refractivity (Wildman–Crippen MR) is 191 cm³/mol. The van der Waals surface area contributed by atoms with Crippen molar-refractivity contribution < 1.29 is 34.2 Å². The van der Waals surface area contributed by atoms with E-state index in [4.69, 9.17) is 0 Å². The van der Waals surface area contributed by atoms with E-state index in [2.05, 4.69) is 6.92 Å². The zero-order valence-electron chi connectivity index (χ0n) is 30.8. The molecule has 0 saturated heterocycles. The highest BCUT2D eigenvalue weighted by atomic mass is 16.4. The molecule has 0 fully saturated rings. The first-order valence-corrected chi connectivity index (χ1v) is 19.7. The smallest absolute Gasteiger partial charge is 0.312 e. The van der Waals surface area contributed by atoms with Crippen LogP contribution in [0.5, 0.6) is 0 Å². The maximum absolute atomic E-state index is 12.0. The van der Waals surface area contributed by atoms with Crippen LogP contribution in [0, 0.1) is 17.8 Å². The van der Waals surface area contributed by atoms with E-state index in [0.717, 1.165) is 19.3 Å². The topological polar surface area (TPSA) is 112 Å². The van der Waals surface area contributed by atoms with E-state index in [1.165, 1.54) is 122 Å². The van der Waals surface area contributed by atoms with Gasteiger partial charge in [0.05, 0.1) is 26.2 Å². The minimum absolute atomic E-state index is 0.264. The van der Waals surface area contributed by atoms with Crippen LogP contribution in [0.4, 0.5) is 0 Å². The van der Waals surface area contributed by atoms with E-state index in [9.17, 15) is 29.7 Å². The summed E-state index contributed by atoms with van der Waals surface area (Å²) in [6, 6.07) is 0. The summed E-state index contributed by atoms with van der Waals surface area (Å²) in [6.07, 6.45) is 30.3. The number of carboxylic acids is 3. The van der Waals surface area contributed by atoms with Gasteiger partial charge in [-0.3, -0.25) is 14.4 Å². The summed E-state index contributed by atoms with van der Waals surface area (Å²) >= 11 is 0. The Hall–Kier alpha value is -1.63. The van der Waals surface area contributed by atoms with Crippen LogP contribution in [0.2, 0.25) is 0 Å². The van der Waals surface area contributed by atoms with Crippen LogP contribution < -0.4 is 0 Å². The third-order valence-electron chi connectivity index (χ3n) is 10.3. The monoisotopic (exact) mass is 655 g/mol. The Morgan fingerprint density at radius 2 is 0.609 bits per heavy atom. The molecular weight excluding hydrogens is 578 g/mol. The molecule has 3 atom stereocenters. The lowest BCUT2D eigenvalue weighted by atomic mass is 9.95. The second-order valence-electron chi connectivity index (χ2n) is 14.4. The lowest BCUT2D eigenvalue weighted by Crippen LogP contribution is -2.58. The fourth-order valence-electron chi connectivity index (χ4n) is 7.10. The minimum Gasteiger partial charge on any atom is -0.481 e.